The average Bonchev–Trinajstić information content (AvgIpc) is 2.45. The number of ether oxygens (including phenoxy) is 1. The van der Waals surface area contributed by atoms with Gasteiger partial charge in [-0.1, -0.05) is 18.2 Å². The van der Waals surface area contributed by atoms with Crippen molar-refractivity contribution < 1.29 is 19.4 Å². The Balaban J connectivity index is 1.99. The third-order valence-electron chi connectivity index (χ3n) is 3.98. The van der Waals surface area contributed by atoms with Crippen molar-refractivity contribution in [3.8, 4) is 0 Å². The molecule has 6 heteroatoms. The van der Waals surface area contributed by atoms with Crippen LogP contribution in [-0.2, 0) is 11.3 Å². The summed E-state index contributed by atoms with van der Waals surface area (Å²) in [6.07, 6.45) is -0.291. The van der Waals surface area contributed by atoms with E-state index >= 15 is 0 Å². The topological polar surface area (TPSA) is 70.1 Å². The molecule has 1 saturated heterocycles. The fraction of sp³-hybridized carbons (Fsp3) is 0.556. The van der Waals surface area contributed by atoms with Crippen LogP contribution in [0.25, 0.3) is 0 Å². The Hall–Kier alpha value is -2.08. The van der Waals surface area contributed by atoms with Crippen LogP contribution in [-0.4, -0.2) is 58.2 Å². The molecule has 0 aliphatic carbocycles. The smallest absolute Gasteiger partial charge is 0.410 e. The van der Waals surface area contributed by atoms with Crippen molar-refractivity contribution in [2.75, 3.05) is 19.6 Å². The summed E-state index contributed by atoms with van der Waals surface area (Å²) < 4.78 is 5.44. The van der Waals surface area contributed by atoms with Crippen LogP contribution in [0.1, 0.15) is 43.6 Å². The molecular formula is C18H26N2O4. The van der Waals surface area contributed by atoms with Crippen LogP contribution in [0.5, 0.6) is 0 Å². The number of aromatic carboxylic acids is 1. The Bertz CT molecular complexity index is 609. The average molecular weight is 334 g/mol. The molecule has 1 N–H and O–H groups in total. The number of benzene rings is 1. The summed E-state index contributed by atoms with van der Waals surface area (Å²) >= 11 is 0. The van der Waals surface area contributed by atoms with Gasteiger partial charge in [-0.3, -0.25) is 4.90 Å². The normalized spacial score (nSPS) is 19.2. The molecule has 0 saturated carbocycles. The van der Waals surface area contributed by atoms with E-state index in [1.54, 1.807) is 17.0 Å². The number of hydrogen-bond donors (Lipinski definition) is 1. The lowest BCUT2D eigenvalue weighted by Gasteiger charge is -2.40. The summed E-state index contributed by atoms with van der Waals surface area (Å²) in [5.74, 6) is -0.911. The second kappa shape index (κ2) is 7.21. The van der Waals surface area contributed by atoms with Gasteiger partial charge in [0.2, 0.25) is 0 Å². The maximum absolute atomic E-state index is 12.2. The molecule has 0 radical (unpaired) electrons. The molecule has 1 atom stereocenters. The molecule has 0 bridgehead atoms. The van der Waals surface area contributed by atoms with Crippen molar-refractivity contribution in [2.45, 2.75) is 45.9 Å². The Labute approximate surface area is 143 Å². The van der Waals surface area contributed by atoms with Crippen LogP contribution in [0.4, 0.5) is 4.79 Å². The summed E-state index contributed by atoms with van der Waals surface area (Å²) in [7, 11) is 0. The van der Waals surface area contributed by atoms with Crippen molar-refractivity contribution in [3.05, 3.63) is 35.4 Å². The summed E-state index contributed by atoms with van der Waals surface area (Å²) in [6, 6.07) is 7.07. The van der Waals surface area contributed by atoms with E-state index in [1.807, 2.05) is 39.8 Å². The third kappa shape index (κ3) is 4.71. The summed E-state index contributed by atoms with van der Waals surface area (Å²) in [6.45, 7) is 10.1. The lowest BCUT2D eigenvalue weighted by molar-refractivity contribution is 0.000553. The van der Waals surface area contributed by atoms with Crippen molar-refractivity contribution >= 4 is 12.1 Å². The van der Waals surface area contributed by atoms with E-state index in [0.717, 1.165) is 5.56 Å². The molecule has 1 heterocycles. The predicted molar refractivity (Wildman–Crippen MR) is 91.1 cm³/mol. The number of hydrogen-bond acceptors (Lipinski definition) is 4. The highest BCUT2D eigenvalue weighted by atomic mass is 16.6. The van der Waals surface area contributed by atoms with Crippen molar-refractivity contribution in [2.24, 2.45) is 0 Å². The predicted octanol–water partition coefficient (Wildman–Crippen LogP) is 2.83. The summed E-state index contributed by atoms with van der Waals surface area (Å²) in [4.78, 5) is 27.5. The van der Waals surface area contributed by atoms with Crippen LogP contribution in [0.2, 0.25) is 0 Å². The second-order valence-corrected chi connectivity index (χ2v) is 7.22. The van der Waals surface area contributed by atoms with Gasteiger partial charge in [0.05, 0.1) is 5.56 Å². The van der Waals surface area contributed by atoms with Crippen LogP contribution in [0.15, 0.2) is 24.3 Å². The van der Waals surface area contributed by atoms with Gasteiger partial charge in [0, 0.05) is 32.2 Å². The SMILES string of the molecule is CC1CN(Cc2ccccc2C(=O)O)CCN1C(=O)OC(C)(C)C. The number of carbonyl (C=O) groups is 2. The maximum Gasteiger partial charge on any atom is 0.410 e. The molecule has 0 spiro atoms. The van der Waals surface area contributed by atoms with Gasteiger partial charge in [0.15, 0.2) is 0 Å². The number of carboxylic acid groups (broad SMARTS) is 1. The minimum absolute atomic E-state index is 0.0191. The Morgan fingerprint density at radius 3 is 2.50 bits per heavy atom. The van der Waals surface area contributed by atoms with E-state index < -0.39 is 11.6 Å². The molecule has 1 aromatic rings. The number of nitrogens with zero attached hydrogens (tertiary/aromatic N) is 2. The van der Waals surface area contributed by atoms with Crippen LogP contribution < -0.4 is 0 Å². The lowest BCUT2D eigenvalue weighted by Crippen LogP contribution is -2.54. The van der Waals surface area contributed by atoms with Gasteiger partial charge in [-0.2, -0.15) is 0 Å². The standard InChI is InChI=1S/C18H26N2O4/c1-13-11-19(9-10-20(13)17(23)24-18(2,3)4)12-14-7-5-6-8-15(14)16(21)22/h5-8,13H,9-12H2,1-4H3,(H,21,22). The molecule has 6 nitrogen and oxygen atoms in total. The van der Waals surface area contributed by atoms with Crippen LogP contribution in [0.3, 0.4) is 0 Å². The molecule has 24 heavy (non-hydrogen) atoms. The number of amides is 1. The molecule has 1 aliphatic heterocycles. The fourth-order valence-electron chi connectivity index (χ4n) is 2.88. The highest BCUT2D eigenvalue weighted by Crippen LogP contribution is 2.18. The zero-order chi connectivity index (χ0) is 17.9. The van der Waals surface area contributed by atoms with Gasteiger partial charge in [-0.15, -0.1) is 0 Å². The number of rotatable bonds is 3. The Morgan fingerprint density at radius 1 is 1.25 bits per heavy atom. The molecule has 1 unspecified atom stereocenters. The second-order valence-electron chi connectivity index (χ2n) is 7.22. The molecule has 2 rings (SSSR count). The van der Waals surface area contributed by atoms with Gasteiger partial charge in [-0.05, 0) is 39.3 Å². The first-order valence-corrected chi connectivity index (χ1v) is 8.20. The van der Waals surface area contributed by atoms with E-state index in [-0.39, 0.29) is 12.1 Å². The molecule has 0 aromatic heterocycles. The molecule has 132 valence electrons. The largest absolute Gasteiger partial charge is 0.478 e. The van der Waals surface area contributed by atoms with Gasteiger partial charge >= 0.3 is 12.1 Å². The quantitative estimate of drug-likeness (QED) is 0.920. The van der Waals surface area contributed by atoms with E-state index in [1.165, 1.54) is 0 Å². The molecule has 1 aromatic carbocycles. The molecule has 1 amide bonds. The summed E-state index contributed by atoms with van der Waals surface area (Å²) in [5.41, 5.74) is 0.622. The highest BCUT2D eigenvalue weighted by Gasteiger charge is 2.31. The first kappa shape index (κ1) is 18.3. The Kier molecular flexibility index (Phi) is 5.49. The van der Waals surface area contributed by atoms with Crippen molar-refractivity contribution in [3.63, 3.8) is 0 Å². The van der Waals surface area contributed by atoms with Crippen molar-refractivity contribution in [1.82, 2.24) is 9.80 Å². The lowest BCUT2D eigenvalue weighted by atomic mass is 10.1. The van der Waals surface area contributed by atoms with E-state index in [4.69, 9.17) is 4.74 Å². The molecular weight excluding hydrogens is 308 g/mol. The van der Waals surface area contributed by atoms with Gasteiger partial charge in [-0.25, -0.2) is 9.59 Å². The van der Waals surface area contributed by atoms with E-state index in [0.29, 0.717) is 31.7 Å². The third-order valence-corrected chi connectivity index (χ3v) is 3.98. The van der Waals surface area contributed by atoms with Crippen molar-refractivity contribution in [1.29, 1.82) is 0 Å². The Morgan fingerprint density at radius 2 is 1.92 bits per heavy atom. The fourth-order valence-corrected chi connectivity index (χ4v) is 2.88. The van der Waals surface area contributed by atoms with E-state index in [2.05, 4.69) is 4.90 Å². The molecule has 1 fully saturated rings. The zero-order valence-electron chi connectivity index (χ0n) is 14.8. The zero-order valence-corrected chi connectivity index (χ0v) is 14.8. The number of carbonyl (C=O) groups excluding carboxylic acids is 1. The molecule has 1 aliphatic rings. The maximum atomic E-state index is 12.2. The van der Waals surface area contributed by atoms with Crippen LogP contribution >= 0.6 is 0 Å². The highest BCUT2D eigenvalue weighted by molar-refractivity contribution is 5.89. The minimum Gasteiger partial charge on any atom is -0.478 e. The number of piperazine rings is 1. The number of carboxylic acids is 1. The monoisotopic (exact) mass is 334 g/mol. The first-order chi connectivity index (χ1) is 11.2. The van der Waals surface area contributed by atoms with E-state index in [9.17, 15) is 14.7 Å². The van der Waals surface area contributed by atoms with Crippen LogP contribution in [0, 0.1) is 0 Å². The van der Waals surface area contributed by atoms with Gasteiger partial charge < -0.3 is 14.7 Å². The van der Waals surface area contributed by atoms with Gasteiger partial charge in [0.25, 0.3) is 0 Å². The first-order valence-electron chi connectivity index (χ1n) is 8.20. The van der Waals surface area contributed by atoms with Gasteiger partial charge in [0.1, 0.15) is 5.60 Å². The minimum atomic E-state index is -0.911. The summed E-state index contributed by atoms with van der Waals surface area (Å²) in [5, 5.41) is 9.28.